The summed E-state index contributed by atoms with van der Waals surface area (Å²) < 4.78 is 6.87. The molecule has 0 amide bonds. The molecule has 0 atom stereocenters. The van der Waals surface area contributed by atoms with Gasteiger partial charge in [-0.25, -0.2) is 4.98 Å². The number of aromatic nitrogens is 4. The molecule has 0 fully saturated rings. The molecule has 0 saturated heterocycles. The molecule has 0 aliphatic rings. The zero-order chi connectivity index (χ0) is 10.1. The van der Waals surface area contributed by atoms with Crippen molar-refractivity contribution in [1.29, 1.82) is 0 Å². The van der Waals surface area contributed by atoms with Gasteiger partial charge in [-0.1, -0.05) is 11.8 Å². The van der Waals surface area contributed by atoms with Gasteiger partial charge in [-0.2, -0.15) is 10.1 Å². The van der Waals surface area contributed by atoms with Crippen LogP contribution in [0.4, 0.5) is 0 Å². The Balaban J connectivity index is 2.76. The van der Waals surface area contributed by atoms with Crippen LogP contribution in [-0.2, 0) is 7.05 Å². The third kappa shape index (κ3) is 1.31. The first-order valence-corrected chi connectivity index (χ1v) is 5.26. The lowest BCUT2D eigenvalue weighted by atomic mass is 10.4. The summed E-state index contributed by atoms with van der Waals surface area (Å²) in [7, 11) is 3.44. The average molecular weight is 210 g/mol. The second kappa shape index (κ2) is 3.45. The second-order valence-electron chi connectivity index (χ2n) is 2.73. The number of thioether (sulfide) groups is 1. The number of fused-ring (bicyclic) bond motifs is 1. The Bertz CT molecular complexity index is 468. The van der Waals surface area contributed by atoms with Crippen molar-refractivity contribution in [3.8, 4) is 5.88 Å². The topological polar surface area (TPSA) is 52.8 Å². The lowest BCUT2D eigenvalue weighted by Gasteiger charge is -2.02. The Kier molecular flexibility index (Phi) is 2.28. The van der Waals surface area contributed by atoms with Gasteiger partial charge in [-0.3, -0.25) is 4.68 Å². The number of nitrogens with zero attached hydrogens (tertiary/aromatic N) is 4. The molecule has 0 spiro atoms. The molecule has 2 aromatic heterocycles. The third-order valence-corrected chi connectivity index (χ3v) is 2.46. The Morgan fingerprint density at radius 3 is 2.86 bits per heavy atom. The van der Waals surface area contributed by atoms with Crippen LogP contribution in [0.25, 0.3) is 11.0 Å². The second-order valence-corrected chi connectivity index (χ2v) is 3.50. The Hall–Kier alpha value is -1.30. The first kappa shape index (κ1) is 9.26. The molecule has 6 heteroatoms. The van der Waals surface area contributed by atoms with Crippen LogP contribution < -0.4 is 4.74 Å². The quantitative estimate of drug-likeness (QED) is 0.548. The van der Waals surface area contributed by atoms with Gasteiger partial charge in [0.1, 0.15) is 5.39 Å². The fraction of sp³-hybridized carbons (Fsp3) is 0.375. The van der Waals surface area contributed by atoms with Crippen LogP contribution in [0.5, 0.6) is 5.88 Å². The highest BCUT2D eigenvalue weighted by Gasteiger charge is 2.10. The molecular weight excluding hydrogens is 200 g/mol. The minimum absolute atomic E-state index is 0.576. The highest BCUT2D eigenvalue weighted by Crippen LogP contribution is 2.23. The van der Waals surface area contributed by atoms with Crippen LogP contribution in [0.2, 0.25) is 0 Å². The predicted octanol–water partition coefficient (Wildman–Crippen LogP) is 1.09. The van der Waals surface area contributed by atoms with Crippen molar-refractivity contribution >= 4 is 22.8 Å². The van der Waals surface area contributed by atoms with Crippen LogP contribution in [0.3, 0.4) is 0 Å². The standard InChI is InChI=1S/C8H10N4OS/c1-12-6-5(4-9-12)7(13-2)11-8(10-6)14-3/h4H,1-3H3. The van der Waals surface area contributed by atoms with Crippen LogP contribution in [0, 0.1) is 0 Å². The van der Waals surface area contributed by atoms with Gasteiger partial charge in [-0.05, 0) is 6.26 Å². The number of aryl methyl sites for hydroxylation is 1. The number of methoxy groups -OCH3 is 1. The van der Waals surface area contributed by atoms with Gasteiger partial charge >= 0.3 is 0 Å². The van der Waals surface area contributed by atoms with E-state index in [1.54, 1.807) is 18.0 Å². The summed E-state index contributed by atoms with van der Waals surface area (Å²) >= 11 is 1.48. The predicted molar refractivity (Wildman–Crippen MR) is 54.6 cm³/mol. The SMILES string of the molecule is COc1nc(SC)nc2c1cnn2C. The third-order valence-electron chi connectivity index (χ3n) is 1.91. The smallest absolute Gasteiger partial charge is 0.228 e. The lowest BCUT2D eigenvalue weighted by Crippen LogP contribution is -1.97. The summed E-state index contributed by atoms with van der Waals surface area (Å²) in [5.74, 6) is 0.576. The van der Waals surface area contributed by atoms with Crippen LogP contribution in [0.15, 0.2) is 11.4 Å². The minimum Gasteiger partial charge on any atom is -0.480 e. The summed E-state index contributed by atoms with van der Waals surface area (Å²) in [6.45, 7) is 0. The van der Waals surface area contributed by atoms with E-state index in [9.17, 15) is 0 Å². The number of hydrogen-bond donors (Lipinski definition) is 0. The maximum absolute atomic E-state index is 5.17. The highest BCUT2D eigenvalue weighted by molar-refractivity contribution is 7.98. The zero-order valence-electron chi connectivity index (χ0n) is 8.18. The van der Waals surface area contributed by atoms with Gasteiger partial charge in [0, 0.05) is 7.05 Å². The van der Waals surface area contributed by atoms with E-state index in [0.29, 0.717) is 11.0 Å². The van der Waals surface area contributed by atoms with Gasteiger partial charge in [0.15, 0.2) is 10.8 Å². The van der Waals surface area contributed by atoms with E-state index < -0.39 is 0 Å². The lowest BCUT2D eigenvalue weighted by molar-refractivity contribution is 0.398. The normalized spacial score (nSPS) is 10.8. The Morgan fingerprint density at radius 2 is 2.21 bits per heavy atom. The largest absolute Gasteiger partial charge is 0.480 e. The first-order chi connectivity index (χ1) is 6.76. The van der Waals surface area contributed by atoms with Crippen molar-refractivity contribution < 1.29 is 4.74 Å². The molecule has 0 bridgehead atoms. The molecule has 0 aliphatic carbocycles. The highest BCUT2D eigenvalue weighted by atomic mass is 32.2. The molecule has 2 heterocycles. The van der Waals surface area contributed by atoms with Crippen LogP contribution >= 0.6 is 11.8 Å². The summed E-state index contributed by atoms with van der Waals surface area (Å²) in [5.41, 5.74) is 0.793. The van der Waals surface area contributed by atoms with Gasteiger partial charge in [0.2, 0.25) is 5.88 Å². The number of rotatable bonds is 2. The first-order valence-electron chi connectivity index (χ1n) is 4.04. The van der Waals surface area contributed by atoms with Crippen molar-refractivity contribution in [3.05, 3.63) is 6.20 Å². The van der Waals surface area contributed by atoms with E-state index in [1.807, 2.05) is 13.3 Å². The maximum Gasteiger partial charge on any atom is 0.228 e. The molecule has 0 unspecified atom stereocenters. The monoisotopic (exact) mass is 210 g/mol. The van der Waals surface area contributed by atoms with E-state index in [4.69, 9.17) is 4.74 Å². The molecule has 0 N–H and O–H groups in total. The Labute approximate surface area is 85.5 Å². The molecular formula is C8H10N4OS. The van der Waals surface area contributed by atoms with Crippen molar-refractivity contribution in [3.63, 3.8) is 0 Å². The van der Waals surface area contributed by atoms with Gasteiger partial charge in [-0.15, -0.1) is 0 Å². The fourth-order valence-corrected chi connectivity index (χ4v) is 1.58. The minimum atomic E-state index is 0.576. The van der Waals surface area contributed by atoms with E-state index >= 15 is 0 Å². The molecule has 2 aromatic rings. The Morgan fingerprint density at radius 1 is 1.43 bits per heavy atom. The van der Waals surface area contributed by atoms with Gasteiger partial charge in [0.25, 0.3) is 0 Å². The van der Waals surface area contributed by atoms with Crippen molar-refractivity contribution in [2.24, 2.45) is 7.05 Å². The molecule has 2 rings (SSSR count). The summed E-state index contributed by atoms with van der Waals surface area (Å²) in [6, 6.07) is 0. The molecule has 74 valence electrons. The van der Waals surface area contributed by atoms with E-state index in [0.717, 1.165) is 11.0 Å². The van der Waals surface area contributed by atoms with Crippen molar-refractivity contribution in [1.82, 2.24) is 19.7 Å². The molecule has 0 aliphatic heterocycles. The average Bonchev–Trinajstić information content (AvgIpc) is 2.59. The van der Waals surface area contributed by atoms with Gasteiger partial charge < -0.3 is 4.74 Å². The van der Waals surface area contributed by atoms with Crippen LogP contribution in [-0.4, -0.2) is 33.1 Å². The molecule has 0 saturated carbocycles. The van der Waals surface area contributed by atoms with E-state index in [2.05, 4.69) is 15.1 Å². The summed E-state index contributed by atoms with van der Waals surface area (Å²) in [4.78, 5) is 8.56. The van der Waals surface area contributed by atoms with Crippen LogP contribution in [0.1, 0.15) is 0 Å². The van der Waals surface area contributed by atoms with E-state index in [1.165, 1.54) is 11.8 Å². The number of hydrogen-bond acceptors (Lipinski definition) is 5. The zero-order valence-corrected chi connectivity index (χ0v) is 9.00. The molecule has 5 nitrogen and oxygen atoms in total. The molecule has 0 radical (unpaired) electrons. The van der Waals surface area contributed by atoms with Crippen molar-refractivity contribution in [2.75, 3.05) is 13.4 Å². The molecule has 14 heavy (non-hydrogen) atoms. The fourth-order valence-electron chi connectivity index (χ4n) is 1.22. The molecule has 0 aromatic carbocycles. The summed E-state index contributed by atoms with van der Waals surface area (Å²) in [5, 5.41) is 5.64. The maximum atomic E-state index is 5.17. The summed E-state index contributed by atoms with van der Waals surface area (Å²) in [6.07, 6.45) is 3.63. The number of ether oxygens (including phenoxy) is 1. The van der Waals surface area contributed by atoms with Gasteiger partial charge in [0.05, 0.1) is 13.3 Å². The van der Waals surface area contributed by atoms with E-state index in [-0.39, 0.29) is 0 Å². The van der Waals surface area contributed by atoms with Crippen molar-refractivity contribution in [2.45, 2.75) is 5.16 Å².